The standard InChI is InChI=1S/5C24H25FO3S/c1-14-3-4-17(22-13-21(26)24(27)15(2)28-22)11-18(14)12-20-9-10-23(29-20)16-5-7-19(25)8-6-16;1-14-3-4-17(24-22(27)13-21(26)15(2)28-24)11-18(14)12-20-9-10-23(29-20)16-5-7-19(25)8-6-16;1-14-3-4-17(24-23(27)21(26)11-15(2)28-24)12-18(14)13-20-9-10-22(29-20)16-5-7-19(25)8-6-16;1-15-2-3-17(24-22(27)10-8-20(14-26)28-24)12-18(15)13-21-9-11-23(29-21)16-4-6-19(25)7-5-16;1-15-2-3-17(23-13-20(27)12-21(14-26)28-23)10-18(15)11-22-8-9-24(29-22)16-4-6-19(25)7-5-16/h2*3-11,15,21-22,24,26-27H,12-13H2,1-2H3;3-10,12,15,21,23-24,26-27H,11,13H2,1-2H3;2-7,9,11-12,20,22,24,26-27H,8,10,13-14H2,1H3;2-10,20-21,23,26-27H,11-14H2,1H3. The number of ether oxygens (including phenoxy) is 5. The summed E-state index contributed by atoms with van der Waals surface area (Å²) < 4.78 is 95.5. The van der Waals surface area contributed by atoms with Crippen molar-refractivity contribution in [2.24, 2.45) is 0 Å². The number of aliphatic hydroxyl groups is 10. The van der Waals surface area contributed by atoms with Crippen LogP contribution in [0.15, 0.2) is 273 Å². The van der Waals surface area contributed by atoms with Gasteiger partial charge in [0.2, 0.25) is 0 Å². The molecule has 10 aromatic carbocycles. The molecule has 18 atom stereocenters. The van der Waals surface area contributed by atoms with E-state index in [1.54, 1.807) is 124 Å². The third-order valence-corrected chi connectivity index (χ3v) is 33.4. The Morgan fingerprint density at radius 1 is 0.262 bits per heavy atom. The Morgan fingerprint density at radius 2 is 0.572 bits per heavy atom. The zero-order chi connectivity index (χ0) is 102. The van der Waals surface area contributed by atoms with Gasteiger partial charge in [0.1, 0.15) is 59.6 Å². The fraction of sp³-hybridized carbons (Fsp3) is 0.333. The molecule has 18 unspecified atom stereocenters. The Labute approximate surface area is 864 Å². The molecule has 10 heterocycles. The Morgan fingerprint density at radius 3 is 0.910 bits per heavy atom. The molecule has 5 saturated heterocycles. The highest BCUT2D eigenvalue weighted by Gasteiger charge is 2.40. The summed E-state index contributed by atoms with van der Waals surface area (Å²) in [4.78, 5) is 11.7. The quantitative estimate of drug-likeness (QED) is 0.0284. The molecule has 0 aliphatic carbocycles. The largest absolute Gasteiger partial charge is 0.394 e. The van der Waals surface area contributed by atoms with Gasteiger partial charge in [0.25, 0.3) is 0 Å². The first-order chi connectivity index (χ1) is 69.7. The first kappa shape index (κ1) is 107. The predicted molar refractivity (Wildman–Crippen MR) is 568 cm³/mol. The highest BCUT2D eigenvalue weighted by Crippen LogP contribution is 2.44. The molecule has 0 saturated carbocycles. The SMILES string of the molecule is Cc1ccc(C2CC(O)C(O)C(C)O2)cc1Cc1ccc(-c2ccc(F)cc2)s1.Cc1ccc(C2CC(O)CC(CO)O2)cc1Cc1ccc(-c2ccc(F)cc2)s1.Cc1ccc(C2OC(C)C(O)CC2O)cc1Cc1ccc(-c2ccc(F)cc2)s1.Cc1ccc(C2OC(C)CC(O)C2O)cc1Cc1ccc(-c2ccc(F)cc2)s1.Cc1ccc(C2OC(CO)CCC2O)cc1Cc1ccc(-c2ccc(F)cc2)s1. The van der Waals surface area contributed by atoms with Crippen LogP contribution in [0, 0.1) is 63.7 Å². The van der Waals surface area contributed by atoms with Crippen LogP contribution in [0.5, 0.6) is 0 Å². The van der Waals surface area contributed by atoms with E-state index >= 15 is 0 Å². The topological polar surface area (TPSA) is 248 Å². The van der Waals surface area contributed by atoms with Crippen LogP contribution in [0.3, 0.4) is 0 Å². The van der Waals surface area contributed by atoms with Gasteiger partial charge in [-0.3, -0.25) is 0 Å². The number of rotatable bonds is 22. The number of aryl methyl sites for hydroxylation is 5. The molecule has 760 valence electrons. The maximum Gasteiger partial charge on any atom is 0.123 e. The Bertz CT molecular complexity index is 6450. The third kappa shape index (κ3) is 28.2. The van der Waals surface area contributed by atoms with Gasteiger partial charge in [0.05, 0.1) is 92.6 Å². The number of thiophene rings is 5. The third-order valence-electron chi connectivity index (χ3n) is 27.7. The van der Waals surface area contributed by atoms with Crippen molar-refractivity contribution in [1.29, 1.82) is 0 Å². The monoisotopic (exact) mass is 2060 g/mol. The summed E-state index contributed by atoms with van der Waals surface area (Å²) in [6, 6.07) is 84.8. The van der Waals surface area contributed by atoms with Gasteiger partial charge >= 0.3 is 0 Å². The minimum Gasteiger partial charge on any atom is -0.394 e. The molecule has 5 fully saturated rings. The zero-order valence-electron chi connectivity index (χ0n) is 82.2. The van der Waals surface area contributed by atoms with E-state index in [4.69, 9.17) is 23.7 Å². The minimum atomic E-state index is -0.923. The van der Waals surface area contributed by atoms with Crippen LogP contribution in [-0.4, -0.2) is 144 Å². The normalized spacial score (nSPS) is 23.6. The lowest BCUT2D eigenvalue weighted by Gasteiger charge is -2.36. The number of hydrogen-bond acceptors (Lipinski definition) is 20. The smallest absolute Gasteiger partial charge is 0.123 e. The molecular weight excluding hydrogens is 1940 g/mol. The summed E-state index contributed by atoms with van der Waals surface area (Å²) in [5.74, 6) is -1.14. The van der Waals surface area contributed by atoms with Gasteiger partial charge in [-0.2, -0.15) is 0 Å². The molecule has 15 aromatic rings. The van der Waals surface area contributed by atoms with E-state index in [9.17, 15) is 73.0 Å². The Kier molecular flexibility index (Phi) is 36.9. The summed E-state index contributed by atoms with van der Waals surface area (Å²) in [5, 5.41) is 100. The van der Waals surface area contributed by atoms with Gasteiger partial charge in [0.15, 0.2) is 0 Å². The predicted octanol–water partition coefficient (Wildman–Crippen LogP) is 25.1. The highest BCUT2D eigenvalue weighted by atomic mass is 32.1. The van der Waals surface area contributed by atoms with E-state index in [1.165, 1.54) is 141 Å². The highest BCUT2D eigenvalue weighted by molar-refractivity contribution is 7.16. The maximum absolute atomic E-state index is 13.2. The van der Waals surface area contributed by atoms with Crippen molar-refractivity contribution in [3.05, 3.63) is 410 Å². The van der Waals surface area contributed by atoms with Gasteiger partial charge in [0, 0.05) is 113 Å². The molecule has 20 rings (SSSR count). The number of aliphatic hydroxyl groups excluding tert-OH is 10. The van der Waals surface area contributed by atoms with Crippen LogP contribution in [0.1, 0.15) is 204 Å². The fourth-order valence-corrected chi connectivity index (χ4v) is 24.2. The van der Waals surface area contributed by atoms with Crippen molar-refractivity contribution >= 4 is 56.7 Å². The van der Waals surface area contributed by atoms with Crippen molar-refractivity contribution in [2.75, 3.05) is 13.2 Å². The molecule has 0 radical (unpaired) electrons. The molecule has 5 aliphatic heterocycles. The molecule has 145 heavy (non-hydrogen) atoms. The average molecular weight is 2060 g/mol. The van der Waals surface area contributed by atoms with E-state index < -0.39 is 73.2 Å². The van der Waals surface area contributed by atoms with Crippen LogP contribution in [-0.2, 0) is 55.8 Å². The first-order valence-corrected chi connectivity index (χ1v) is 53.5. The fourth-order valence-electron chi connectivity index (χ4n) is 19.0. The molecule has 5 aliphatic rings. The second-order valence-electron chi connectivity index (χ2n) is 38.7. The lowest BCUT2D eigenvalue weighted by atomic mass is 9.91. The van der Waals surface area contributed by atoms with Gasteiger partial charge in [-0.25, -0.2) is 22.0 Å². The maximum atomic E-state index is 13.2. The molecule has 0 spiro atoms. The summed E-state index contributed by atoms with van der Waals surface area (Å²) in [5.41, 5.74) is 21.9. The van der Waals surface area contributed by atoms with Crippen LogP contribution < -0.4 is 0 Å². The van der Waals surface area contributed by atoms with Crippen LogP contribution in [0.25, 0.3) is 52.2 Å². The van der Waals surface area contributed by atoms with Crippen molar-refractivity contribution in [3.63, 3.8) is 0 Å². The van der Waals surface area contributed by atoms with Crippen molar-refractivity contribution in [1.82, 2.24) is 0 Å². The van der Waals surface area contributed by atoms with Gasteiger partial charge in [-0.15, -0.1) is 56.7 Å². The average Bonchev–Trinajstić information content (AvgIpc) is 0.922. The number of hydrogen-bond donors (Lipinski definition) is 10. The molecule has 5 aromatic heterocycles. The Balaban J connectivity index is 0.000000130. The van der Waals surface area contributed by atoms with E-state index in [-0.39, 0.29) is 78.9 Å². The van der Waals surface area contributed by atoms with Crippen molar-refractivity contribution < 1.29 is 96.7 Å². The van der Waals surface area contributed by atoms with E-state index in [0.717, 1.165) is 112 Å². The molecule has 10 N–H and O–H groups in total. The Hall–Kier alpha value is -10.3. The molecule has 15 nitrogen and oxygen atoms in total. The van der Waals surface area contributed by atoms with E-state index in [2.05, 4.69) is 150 Å². The molecule has 25 heteroatoms. The van der Waals surface area contributed by atoms with Crippen LogP contribution in [0.4, 0.5) is 22.0 Å². The van der Waals surface area contributed by atoms with E-state index in [1.807, 2.05) is 50.2 Å². The number of halogens is 5. The zero-order valence-corrected chi connectivity index (χ0v) is 86.3. The molecule has 0 amide bonds. The van der Waals surface area contributed by atoms with Gasteiger partial charge in [-0.05, 0) is 301 Å². The second-order valence-corrected chi connectivity index (χ2v) is 44.5. The second kappa shape index (κ2) is 49.7. The van der Waals surface area contributed by atoms with Crippen LogP contribution >= 0.6 is 56.7 Å². The van der Waals surface area contributed by atoms with Crippen LogP contribution in [0.2, 0.25) is 0 Å². The van der Waals surface area contributed by atoms with E-state index in [0.29, 0.717) is 44.9 Å². The van der Waals surface area contributed by atoms with Crippen molar-refractivity contribution in [2.45, 2.75) is 242 Å². The molecular formula is C120H125F5O15S5. The van der Waals surface area contributed by atoms with Crippen molar-refractivity contribution in [3.8, 4) is 52.2 Å². The summed E-state index contributed by atoms with van der Waals surface area (Å²) in [6.07, 6.45) is -1.34. The lowest BCUT2D eigenvalue weighted by molar-refractivity contribution is -0.166. The number of benzene rings is 10. The first-order valence-electron chi connectivity index (χ1n) is 49.4. The summed E-state index contributed by atoms with van der Waals surface area (Å²) in [7, 11) is 0. The van der Waals surface area contributed by atoms with Gasteiger partial charge in [-0.1, -0.05) is 152 Å². The minimum absolute atomic E-state index is 0.0245. The van der Waals surface area contributed by atoms with Gasteiger partial charge < -0.3 is 74.7 Å². The summed E-state index contributed by atoms with van der Waals surface area (Å²) >= 11 is 8.53. The summed E-state index contributed by atoms with van der Waals surface area (Å²) in [6.45, 7) is 15.9. The molecule has 0 bridgehead atoms. The lowest BCUT2D eigenvalue weighted by Crippen LogP contribution is -2.43.